The molecule has 0 radical (unpaired) electrons. The van der Waals surface area contributed by atoms with Crippen LogP contribution in [0, 0.1) is 5.41 Å². The second-order valence-electron chi connectivity index (χ2n) is 12.9. The summed E-state index contributed by atoms with van der Waals surface area (Å²) in [6.45, 7) is 6.30. The molecule has 248 valence electrons. The van der Waals surface area contributed by atoms with Crippen molar-refractivity contribution in [3.05, 3.63) is 127 Å². The first-order chi connectivity index (χ1) is 23.7. The monoisotopic (exact) mass is 640 g/mol. The molecule has 0 bridgehead atoms. The number of nitrogens with one attached hydrogen (secondary N) is 2. The van der Waals surface area contributed by atoms with E-state index in [2.05, 4.69) is 109 Å². The first kappa shape index (κ1) is 33.3. The molecule has 0 amide bonds. The number of anilines is 4. The number of ether oxygens (including phenoxy) is 3. The minimum Gasteiger partial charge on any atom is -0.493 e. The van der Waals surface area contributed by atoms with Crippen molar-refractivity contribution in [3.63, 3.8) is 0 Å². The predicted molar refractivity (Wildman–Crippen MR) is 200 cm³/mol. The summed E-state index contributed by atoms with van der Waals surface area (Å²) in [5.74, 6) is 0.918. The summed E-state index contributed by atoms with van der Waals surface area (Å²) in [6, 6.07) is 44.3. The van der Waals surface area contributed by atoms with Gasteiger partial charge in [-0.3, -0.25) is 0 Å². The molecule has 0 aliphatic carbocycles. The first-order valence-corrected chi connectivity index (χ1v) is 17.5. The van der Waals surface area contributed by atoms with E-state index in [0.29, 0.717) is 6.61 Å². The Morgan fingerprint density at radius 2 is 1.08 bits per heavy atom. The highest BCUT2D eigenvalue weighted by atomic mass is 16.5. The fourth-order valence-electron chi connectivity index (χ4n) is 6.00. The van der Waals surface area contributed by atoms with Gasteiger partial charge in [0.25, 0.3) is 0 Å². The van der Waals surface area contributed by atoms with Crippen LogP contribution in [0.15, 0.2) is 127 Å². The molecule has 0 unspecified atom stereocenters. The Morgan fingerprint density at radius 1 is 0.562 bits per heavy atom. The third-order valence-electron chi connectivity index (χ3n) is 9.19. The standard InChI is InChI=1S/C43H48N2O3/c1-2-43(32-47-33-43)31-46-28-12-4-3-5-13-29-48-42-30-36(34-18-23-39(24-19-34)44-37-14-8-6-9-15-37)22-27-41(42)35-20-25-40(26-21-35)45-38-16-10-7-11-17-38/h6-11,14-27,30,44-45H,2-5,12-13,28-29,31-33H2,1H3. The maximum atomic E-state index is 6.53. The van der Waals surface area contributed by atoms with Crippen molar-refractivity contribution in [1.29, 1.82) is 0 Å². The highest BCUT2D eigenvalue weighted by molar-refractivity contribution is 5.78. The lowest BCUT2D eigenvalue weighted by molar-refractivity contribution is -0.150. The van der Waals surface area contributed by atoms with E-state index in [1.165, 1.54) is 12.8 Å². The Bertz CT molecular complexity index is 1660. The van der Waals surface area contributed by atoms with E-state index >= 15 is 0 Å². The molecule has 5 nitrogen and oxygen atoms in total. The first-order valence-electron chi connectivity index (χ1n) is 17.5. The minimum absolute atomic E-state index is 0.275. The molecule has 0 aromatic heterocycles. The molecular formula is C43H48N2O3. The third kappa shape index (κ3) is 9.27. The van der Waals surface area contributed by atoms with Crippen molar-refractivity contribution in [1.82, 2.24) is 0 Å². The Morgan fingerprint density at radius 3 is 1.65 bits per heavy atom. The molecule has 1 fully saturated rings. The largest absolute Gasteiger partial charge is 0.493 e. The second kappa shape index (κ2) is 17.0. The number of rotatable bonds is 18. The van der Waals surface area contributed by atoms with Crippen molar-refractivity contribution in [3.8, 4) is 28.0 Å². The van der Waals surface area contributed by atoms with Crippen LogP contribution in [0.25, 0.3) is 22.3 Å². The van der Waals surface area contributed by atoms with Gasteiger partial charge in [-0.15, -0.1) is 0 Å². The quantitative estimate of drug-likeness (QED) is 0.0934. The van der Waals surface area contributed by atoms with Gasteiger partial charge in [0.2, 0.25) is 0 Å². The van der Waals surface area contributed by atoms with E-state index in [4.69, 9.17) is 14.2 Å². The molecule has 2 N–H and O–H groups in total. The van der Waals surface area contributed by atoms with Crippen LogP contribution in [-0.4, -0.2) is 33.0 Å². The van der Waals surface area contributed by atoms with E-state index < -0.39 is 0 Å². The number of hydrogen-bond acceptors (Lipinski definition) is 5. The lowest BCUT2D eigenvalue weighted by atomic mass is 9.84. The minimum atomic E-state index is 0.275. The van der Waals surface area contributed by atoms with Crippen molar-refractivity contribution >= 4 is 22.7 Å². The smallest absolute Gasteiger partial charge is 0.127 e. The molecule has 0 spiro atoms. The van der Waals surface area contributed by atoms with Gasteiger partial charge in [0.15, 0.2) is 0 Å². The second-order valence-corrected chi connectivity index (χ2v) is 12.9. The van der Waals surface area contributed by atoms with E-state index in [1.54, 1.807) is 0 Å². The molecule has 1 heterocycles. The van der Waals surface area contributed by atoms with Gasteiger partial charge in [0, 0.05) is 40.3 Å². The number of para-hydroxylation sites is 2. The lowest BCUT2D eigenvalue weighted by Gasteiger charge is -2.40. The zero-order chi connectivity index (χ0) is 32.9. The summed E-state index contributed by atoms with van der Waals surface area (Å²) in [5, 5.41) is 6.96. The molecule has 1 aliphatic rings. The zero-order valence-electron chi connectivity index (χ0n) is 28.1. The maximum absolute atomic E-state index is 6.53. The molecule has 0 atom stereocenters. The van der Waals surface area contributed by atoms with Crippen molar-refractivity contribution in [2.75, 3.05) is 43.7 Å². The zero-order valence-corrected chi connectivity index (χ0v) is 28.1. The van der Waals surface area contributed by atoms with Gasteiger partial charge in [-0.2, -0.15) is 0 Å². The van der Waals surface area contributed by atoms with Gasteiger partial charge in [0.05, 0.1) is 26.4 Å². The number of hydrogen-bond donors (Lipinski definition) is 2. The average Bonchev–Trinajstić information content (AvgIpc) is 3.12. The lowest BCUT2D eigenvalue weighted by Crippen LogP contribution is -2.45. The topological polar surface area (TPSA) is 51.8 Å². The summed E-state index contributed by atoms with van der Waals surface area (Å²) in [7, 11) is 0. The molecular weight excluding hydrogens is 592 g/mol. The van der Waals surface area contributed by atoms with Crippen molar-refractivity contribution in [2.45, 2.75) is 45.4 Å². The summed E-state index contributed by atoms with van der Waals surface area (Å²) < 4.78 is 17.9. The molecule has 48 heavy (non-hydrogen) atoms. The van der Waals surface area contributed by atoms with Crippen LogP contribution in [0.1, 0.15) is 45.4 Å². The van der Waals surface area contributed by atoms with Crippen LogP contribution >= 0.6 is 0 Å². The Labute approximate surface area is 286 Å². The van der Waals surface area contributed by atoms with Crippen molar-refractivity contribution < 1.29 is 14.2 Å². The van der Waals surface area contributed by atoms with Gasteiger partial charge in [-0.25, -0.2) is 0 Å². The molecule has 0 saturated carbocycles. The highest BCUT2D eigenvalue weighted by Crippen LogP contribution is 2.36. The van der Waals surface area contributed by atoms with E-state index in [0.717, 1.165) is 103 Å². The van der Waals surface area contributed by atoms with Crippen LogP contribution in [0.2, 0.25) is 0 Å². The number of benzene rings is 5. The van der Waals surface area contributed by atoms with Gasteiger partial charge < -0.3 is 24.8 Å². The highest BCUT2D eigenvalue weighted by Gasteiger charge is 2.36. The molecule has 1 aliphatic heterocycles. The maximum Gasteiger partial charge on any atom is 0.127 e. The summed E-state index contributed by atoms with van der Waals surface area (Å²) >= 11 is 0. The van der Waals surface area contributed by atoms with Crippen LogP contribution in [0.4, 0.5) is 22.7 Å². The summed E-state index contributed by atoms with van der Waals surface area (Å²) in [6.07, 6.45) is 6.81. The molecule has 6 rings (SSSR count). The Hall–Kier alpha value is -4.58. The van der Waals surface area contributed by atoms with Crippen LogP contribution in [0.3, 0.4) is 0 Å². The van der Waals surface area contributed by atoms with Gasteiger partial charge in [-0.1, -0.05) is 99.0 Å². The fourth-order valence-corrected chi connectivity index (χ4v) is 6.00. The van der Waals surface area contributed by atoms with Gasteiger partial charge in [0.1, 0.15) is 5.75 Å². The molecule has 5 aromatic rings. The van der Waals surface area contributed by atoms with Crippen LogP contribution in [-0.2, 0) is 9.47 Å². The van der Waals surface area contributed by atoms with E-state index in [9.17, 15) is 0 Å². The predicted octanol–water partition coefficient (Wildman–Crippen LogP) is 11.3. The molecule has 1 saturated heterocycles. The van der Waals surface area contributed by atoms with Crippen LogP contribution in [0.5, 0.6) is 5.75 Å². The van der Waals surface area contributed by atoms with Gasteiger partial charge >= 0.3 is 0 Å². The van der Waals surface area contributed by atoms with Crippen LogP contribution < -0.4 is 15.4 Å². The molecule has 5 aromatic carbocycles. The summed E-state index contributed by atoms with van der Waals surface area (Å²) in [5.41, 5.74) is 9.08. The number of unbranched alkanes of at least 4 members (excludes halogenated alkanes) is 4. The van der Waals surface area contributed by atoms with Gasteiger partial charge in [-0.05, 0) is 90.6 Å². The van der Waals surface area contributed by atoms with E-state index in [-0.39, 0.29) is 5.41 Å². The molecule has 5 heteroatoms. The Balaban J connectivity index is 1.06. The summed E-state index contributed by atoms with van der Waals surface area (Å²) in [4.78, 5) is 0. The third-order valence-corrected chi connectivity index (χ3v) is 9.19. The Kier molecular flexibility index (Phi) is 11.8. The average molecular weight is 641 g/mol. The normalized spacial score (nSPS) is 13.4. The van der Waals surface area contributed by atoms with E-state index in [1.807, 2.05) is 36.4 Å². The van der Waals surface area contributed by atoms with Crippen molar-refractivity contribution in [2.24, 2.45) is 5.41 Å². The SMILES string of the molecule is CCC1(COCCCCCCCOc2cc(-c3ccc(Nc4ccccc4)cc3)ccc2-c2ccc(Nc3ccccc3)cc2)COC1. The fraction of sp³-hybridized carbons (Fsp3) is 0.302.